The second kappa shape index (κ2) is 6.02. The number of nitrogens with zero attached hydrogens (tertiary/aromatic N) is 1. The third-order valence-electron chi connectivity index (χ3n) is 4.44. The van der Waals surface area contributed by atoms with E-state index in [1.165, 1.54) is 18.4 Å². The molecule has 1 aromatic carbocycles. The van der Waals surface area contributed by atoms with Gasteiger partial charge in [0.2, 0.25) is 0 Å². The average molecular weight is 262 g/mol. The topological polar surface area (TPSA) is 15.3 Å². The number of alkyl halides is 1. The summed E-state index contributed by atoms with van der Waals surface area (Å²) in [6.07, 6.45) is 3.72. The molecule has 2 fully saturated rings. The molecule has 3 heteroatoms. The Labute approximate surface area is 115 Å². The van der Waals surface area contributed by atoms with E-state index in [2.05, 4.69) is 34.5 Å². The lowest BCUT2D eigenvalue weighted by molar-refractivity contribution is 0.113. The summed E-state index contributed by atoms with van der Waals surface area (Å²) in [5.74, 6) is 0.847. The van der Waals surface area contributed by atoms with Crippen LogP contribution in [0.15, 0.2) is 30.3 Å². The zero-order chi connectivity index (χ0) is 13.1. The molecule has 1 saturated heterocycles. The van der Waals surface area contributed by atoms with Crippen molar-refractivity contribution < 1.29 is 4.39 Å². The van der Waals surface area contributed by atoms with Crippen LogP contribution in [0.5, 0.6) is 0 Å². The predicted molar refractivity (Wildman–Crippen MR) is 76.0 cm³/mol. The fraction of sp³-hybridized carbons (Fsp3) is 0.625. The monoisotopic (exact) mass is 262 g/mol. The Balaban J connectivity index is 1.62. The highest BCUT2D eigenvalue weighted by Gasteiger charge is 2.36. The minimum atomic E-state index is -0.233. The molecular formula is C16H23FN2. The molecule has 3 rings (SSSR count). The maximum absolute atomic E-state index is 12.8. The third-order valence-corrected chi connectivity index (χ3v) is 4.44. The molecule has 0 amide bonds. The van der Waals surface area contributed by atoms with E-state index >= 15 is 0 Å². The van der Waals surface area contributed by atoms with E-state index in [0.717, 1.165) is 25.4 Å². The Bertz CT molecular complexity index is 391. The Morgan fingerprint density at radius 2 is 2.00 bits per heavy atom. The number of hydrogen-bond donors (Lipinski definition) is 1. The maximum atomic E-state index is 12.8. The van der Waals surface area contributed by atoms with Gasteiger partial charge in [0.25, 0.3) is 0 Å². The average Bonchev–Trinajstić information content (AvgIpc) is 3.27. The summed E-state index contributed by atoms with van der Waals surface area (Å²) in [6, 6.07) is 11.6. The van der Waals surface area contributed by atoms with Gasteiger partial charge in [-0.3, -0.25) is 4.90 Å². The van der Waals surface area contributed by atoms with Crippen LogP contribution in [0.2, 0.25) is 0 Å². The van der Waals surface area contributed by atoms with Crippen molar-refractivity contribution in [2.75, 3.05) is 26.3 Å². The van der Waals surface area contributed by atoms with E-state index in [4.69, 9.17) is 0 Å². The van der Waals surface area contributed by atoms with Crippen LogP contribution < -0.4 is 5.32 Å². The highest BCUT2D eigenvalue weighted by Crippen LogP contribution is 2.34. The number of rotatable bonds is 5. The number of piperazine rings is 1. The van der Waals surface area contributed by atoms with Crippen molar-refractivity contribution in [2.45, 2.75) is 31.3 Å². The molecule has 1 aliphatic carbocycles. The predicted octanol–water partition coefficient (Wildman–Crippen LogP) is 2.25. The first-order chi connectivity index (χ1) is 9.36. The zero-order valence-corrected chi connectivity index (χ0v) is 11.4. The molecule has 1 saturated carbocycles. The molecule has 0 aromatic heterocycles. The molecule has 1 aromatic rings. The van der Waals surface area contributed by atoms with Gasteiger partial charge in [0.05, 0.1) is 0 Å². The van der Waals surface area contributed by atoms with Gasteiger partial charge in [-0.1, -0.05) is 30.3 Å². The van der Waals surface area contributed by atoms with Gasteiger partial charge >= 0.3 is 0 Å². The Kier molecular flexibility index (Phi) is 4.14. The first-order valence-corrected chi connectivity index (χ1v) is 7.44. The van der Waals surface area contributed by atoms with Crippen LogP contribution in [0.25, 0.3) is 0 Å². The van der Waals surface area contributed by atoms with E-state index in [9.17, 15) is 4.39 Å². The van der Waals surface area contributed by atoms with Crippen molar-refractivity contribution in [1.82, 2.24) is 10.2 Å². The van der Waals surface area contributed by atoms with Gasteiger partial charge in [0.1, 0.15) is 6.67 Å². The molecule has 2 nitrogen and oxygen atoms in total. The minimum absolute atomic E-state index is 0.233. The van der Waals surface area contributed by atoms with Crippen molar-refractivity contribution in [3.63, 3.8) is 0 Å². The van der Waals surface area contributed by atoms with Gasteiger partial charge in [0.15, 0.2) is 0 Å². The standard InChI is InChI=1S/C16H23FN2/c17-8-9-19-12-16(14-6-7-14)18-11-15(19)10-13-4-2-1-3-5-13/h1-5,14-16,18H,6-12H2. The molecule has 1 heterocycles. The first-order valence-electron chi connectivity index (χ1n) is 7.44. The summed E-state index contributed by atoms with van der Waals surface area (Å²) in [7, 11) is 0. The molecule has 104 valence electrons. The smallest absolute Gasteiger partial charge is 0.102 e. The van der Waals surface area contributed by atoms with E-state index < -0.39 is 0 Å². The number of nitrogens with one attached hydrogen (secondary N) is 1. The van der Waals surface area contributed by atoms with Crippen LogP contribution in [-0.4, -0.2) is 43.3 Å². The number of benzene rings is 1. The first kappa shape index (κ1) is 13.1. The van der Waals surface area contributed by atoms with Crippen molar-refractivity contribution in [2.24, 2.45) is 5.92 Å². The highest BCUT2D eigenvalue weighted by molar-refractivity contribution is 5.16. The fourth-order valence-electron chi connectivity index (χ4n) is 3.17. The van der Waals surface area contributed by atoms with Gasteiger partial charge in [-0.15, -0.1) is 0 Å². The van der Waals surface area contributed by atoms with E-state index in [-0.39, 0.29) is 6.67 Å². The lowest BCUT2D eigenvalue weighted by Gasteiger charge is -2.40. The van der Waals surface area contributed by atoms with Crippen molar-refractivity contribution >= 4 is 0 Å². The quantitative estimate of drug-likeness (QED) is 0.875. The van der Waals surface area contributed by atoms with Crippen molar-refractivity contribution in [3.8, 4) is 0 Å². The van der Waals surface area contributed by atoms with E-state index in [1.807, 2.05) is 6.07 Å². The maximum Gasteiger partial charge on any atom is 0.102 e. The van der Waals surface area contributed by atoms with Gasteiger partial charge in [-0.05, 0) is 30.7 Å². The summed E-state index contributed by atoms with van der Waals surface area (Å²) >= 11 is 0. The molecule has 2 atom stereocenters. The van der Waals surface area contributed by atoms with E-state index in [1.54, 1.807) is 0 Å². The van der Waals surface area contributed by atoms with Gasteiger partial charge in [-0.2, -0.15) is 0 Å². The van der Waals surface area contributed by atoms with Crippen LogP contribution in [0, 0.1) is 5.92 Å². The lowest BCUT2D eigenvalue weighted by Crippen LogP contribution is -2.58. The molecule has 19 heavy (non-hydrogen) atoms. The molecule has 2 unspecified atom stereocenters. The number of halogens is 1. The Morgan fingerprint density at radius 3 is 2.68 bits per heavy atom. The second-order valence-corrected chi connectivity index (χ2v) is 5.88. The summed E-state index contributed by atoms with van der Waals surface area (Å²) < 4.78 is 12.8. The zero-order valence-electron chi connectivity index (χ0n) is 11.4. The number of hydrogen-bond acceptors (Lipinski definition) is 2. The summed E-state index contributed by atoms with van der Waals surface area (Å²) in [6.45, 7) is 2.37. The molecule has 1 N–H and O–H groups in total. The summed E-state index contributed by atoms with van der Waals surface area (Å²) in [5.41, 5.74) is 1.35. The normalized spacial score (nSPS) is 28.5. The van der Waals surface area contributed by atoms with Crippen molar-refractivity contribution in [3.05, 3.63) is 35.9 Å². The fourth-order valence-corrected chi connectivity index (χ4v) is 3.17. The van der Waals surface area contributed by atoms with Crippen LogP contribution in [0.1, 0.15) is 18.4 Å². The molecule has 0 spiro atoms. The van der Waals surface area contributed by atoms with Gasteiger partial charge in [0, 0.05) is 31.7 Å². The van der Waals surface area contributed by atoms with E-state index in [0.29, 0.717) is 18.6 Å². The summed E-state index contributed by atoms with van der Waals surface area (Å²) in [5, 5.41) is 3.68. The van der Waals surface area contributed by atoms with Crippen molar-refractivity contribution in [1.29, 1.82) is 0 Å². The minimum Gasteiger partial charge on any atom is -0.311 e. The Morgan fingerprint density at radius 1 is 1.21 bits per heavy atom. The Hall–Kier alpha value is -0.930. The summed E-state index contributed by atoms with van der Waals surface area (Å²) in [4.78, 5) is 2.35. The molecular weight excluding hydrogens is 239 g/mol. The SMILES string of the molecule is FCCN1CC(C2CC2)NCC1Cc1ccccc1. The molecule has 0 radical (unpaired) electrons. The van der Waals surface area contributed by atoms with Crippen LogP contribution in [0.3, 0.4) is 0 Å². The molecule has 1 aliphatic heterocycles. The van der Waals surface area contributed by atoms with Crippen LogP contribution >= 0.6 is 0 Å². The van der Waals surface area contributed by atoms with Gasteiger partial charge < -0.3 is 5.32 Å². The largest absolute Gasteiger partial charge is 0.311 e. The second-order valence-electron chi connectivity index (χ2n) is 5.88. The van der Waals surface area contributed by atoms with Gasteiger partial charge in [-0.25, -0.2) is 4.39 Å². The highest BCUT2D eigenvalue weighted by atomic mass is 19.1. The van der Waals surface area contributed by atoms with Crippen LogP contribution in [-0.2, 0) is 6.42 Å². The van der Waals surface area contributed by atoms with Crippen LogP contribution in [0.4, 0.5) is 4.39 Å². The molecule has 0 bridgehead atoms. The lowest BCUT2D eigenvalue weighted by atomic mass is 9.99. The third kappa shape index (κ3) is 3.34. The molecule has 2 aliphatic rings.